The first-order valence-corrected chi connectivity index (χ1v) is 6.97. The van der Waals surface area contributed by atoms with E-state index in [0.29, 0.717) is 0 Å². The van der Waals surface area contributed by atoms with Gasteiger partial charge < -0.3 is 11.1 Å². The molecule has 3 nitrogen and oxygen atoms in total. The van der Waals surface area contributed by atoms with Gasteiger partial charge in [0.15, 0.2) is 0 Å². The molecule has 92 valence electrons. The first kappa shape index (κ1) is 13.6. The first-order chi connectivity index (χ1) is 7.76. The molecule has 0 aliphatic carbocycles. The highest BCUT2D eigenvalue weighted by Gasteiger charge is 2.03. The van der Waals surface area contributed by atoms with Crippen LogP contribution < -0.4 is 11.1 Å². The fraction of sp³-hybridized carbons (Fsp3) is 0.750. The molecule has 0 fully saturated rings. The lowest BCUT2D eigenvalue weighted by Crippen LogP contribution is -2.33. The van der Waals surface area contributed by atoms with Gasteiger partial charge >= 0.3 is 0 Å². The van der Waals surface area contributed by atoms with Crippen molar-refractivity contribution < 1.29 is 0 Å². The van der Waals surface area contributed by atoms with Gasteiger partial charge in [-0.15, -0.1) is 11.3 Å². The van der Waals surface area contributed by atoms with Crippen LogP contribution in [0.1, 0.15) is 43.0 Å². The van der Waals surface area contributed by atoms with Crippen LogP contribution in [0, 0.1) is 0 Å². The Bertz CT molecular complexity index is 286. The zero-order valence-corrected chi connectivity index (χ0v) is 11.1. The minimum atomic E-state index is 0.283. The highest BCUT2D eigenvalue weighted by atomic mass is 32.1. The molecule has 4 heteroatoms. The van der Waals surface area contributed by atoms with Gasteiger partial charge in [0.25, 0.3) is 0 Å². The van der Waals surface area contributed by atoms with Gasteiger partial charge in [0.05, 0.1) is 0 Å². The molecule has 0 aliphatic heterocycles. The lowest BCUT2D eigenvalue weighted by Gasteiger charge is -2.10. The monoisotopic (exact) mass is 241 g/mol. The van der Waals surface area contributed by atoms with E-state index in [-0.39, 0.29) is 6.04 Å². The Labute approximate surface area is 102 Å². The number of aromatic nitrogens is 1. The number of aryl methyl sites for hydroxylation is 1. The Kier molecular flexibility index (Phi) is 6.61. The zero-order valence-electron chi connectivity index (χ0n) is 10.3. The smallest absolute Gasteiger partial charge is 0.107 e. The number of nitrogens with one attached hydrogen (secondary N) is 1. The molecule has 1 unspecified atom stereocenters. The number of thiazole rings is 1. The van der Waals surface area contributed by atoms with Gasteiger partial charge in [-0.1, -0.05) is 26.7 Å². The van der Waals surface area contributed by atoms with E-state index in [0.717, 1.165) is 25.9 Å². The summed E-state index contributed by atoms with van der Waals surface area (Å²) in [4.78, 5) is 5.72. The maximum absolute atomic E-state index is 5.98. The SMILES string of the molecule is CCCCC(N)CNCc1ncc(CC)s1. The molecule has 1 aromatic rings. The largest absolute Gasteiger partial charge is 0.327 e. The van der Waals surface area contributed by atoms with Crippen molar-refractivity contribution in [2.45, 2.75) is 52.1 Å². The van der Waals surface area contributed by atoms with Crippen molar-refractivity contribution in [2.24, 2.45) is 5.73 Å². The summed E-state index contributed by atoms with van der Waals surface area (Å²) in [6, 6.07) is 0.283. The van der Waals surface area contributed by atoms with Crippen molar-refractivity contribution >= 4 is 11.3 Å². The minimum absolute atomic E-state index is 0.283. The topological polar surface area (TPSA) is 50.9 Å². The number of nitrogens with zero attached hydrogens (tertiary/aromatic N) is 1. The van der Waals surface area contributed by atoms with E-state index < -0.39 is 0 Å². The molecule has 0 aromatic carbocycles. The molecule has 16 heavy (non-hydrogen) atoms. The Morgan fingerprint density at radius 1 is 1.50 bits per heavy atom. The van der Waals surface area contributed by atoms with Crippen molar-refractivity contribution in [3.63, 3.8) is 0 Å². The van der Waals surface area contributed by atoms with E-state index in [9.17, 15) is 0 Å². The third-order valence-corrected chi connectivity index (χ3v) is 3.70. The van der Waals surface area contributed by atoms with Gasteiger partial charge in [-0.3, -0.25) is 0 Å². The van der Waals surface area contributed by atoms with E-state index >= 15 is 0 Å². The van der Waals surface area contributed by atoms with Gasteiger partial charge in [-0.25, -0.2) is 4.98 Å². The number of hydrogen-bond acceptors (Lipinski definition) is 4. The van der Waals surface area contributed by atoms with Crippen LogP contribution in [0.15, 0.2) is 6.20 Å². The van der Waals surface area contributed by atoms with E-state index in [1.807, 2.05) is 6.20 Å². The summed E-state index contributed by atoms with van der Waals surface area (Å²) in [5.74, 6) is 0. The number of nitrogens with two attached hydrogens (primary N) is 1. The number of unbranched alkanes of at least 4 members (excludes halogenated alkanes) is 1. The Morgan fingerprint density at radius 2 is 2.31 bits per heavy atom. The Morgan fingerprint density at radius 3 is 2.94 bits per heavy atom. The highest BCUT2D eigenvalue weighted by molar-refractivity contribution is 7.11. The second-order valence-corrected chi connectivity index (χ2v) is 5.31. The maximum Gasteiger partial charge on any atom is 0.107 e. The van der Waals surface area contributed by atoms with Crippen molar-refractivity contribution in [3.05, 3.63) is 16.1 Å². The summed E-state index contributed by atoms with van der Waals surface area (Å²) in [5.41, 5.74) is 5.98. The normalized spacial score (nSPS) is 12.9. The molecule has 1 atom stereocenters. The van der Waals surface area contributed by atoms with Crippen LogP contribution in [0.4, 0.5) is 0 Å². The zero-order chi connectivity index (χ0) is 11.8. The van der Waals surface area contributed by atoms with Crippen molar-refractivity contribution in [2.75, 3.05) is 6.54 Å². The molecule has 0 saturated heterocycles. The maximum atomic E-state index is 5.98. The van der Waals surface area contributed by atoms with Crippen LogP contribution in [0.3, 0.4) is 0 Å². The predicted molar refractivity (Wildman–Crippen MR) is 70.7 cm³/mol. The van der Waals surface area contributed by atoms with Gasteiger partial charge in [0, 0.05) is 30.2 Å². The van der Waals surface area contributed by atoms with Gasteiger partial charge in [-0.2, -0.15) is 0 Å². The molecule has 0 amide bonds. The molecule has 0 saturated carbocycles. The van der Waals surface area contributed by atoms with Crippen LogP contribution in [-0.4, -0.2) is 17.6 Å². The molecule has 0 bridgehead atoms. The Balaban J connectivity index is 2.14. The second kappa shape index (κ2) is 7.76. The molecular weight excluding hydrogens is 218 g/mol. The lowest BCUT2D eigenvalue weighted by molar-refractivity contribution is 0.524. The predicted octanol–water partition coefficient (Wildman–Crippen LogP) is 2.31. The fourth-order valence-corrected chi connectivity index (χ4v) is 2.36. The average molecular weight is 241 g/mol. The standard InChI is InChI=1S/C12H23N3S/c1-3-5-6-10(13)7-14-9-12-15-8-11(4-2)16-12/h8,10,14H,3-7,9,13H2,1-2H3. The quantitative estimate of drug-likeness (QED) is 0.734. The molecule has 1 aromatic heterocycles. The molecule has 3 N–H and O–H groups in total. The van der Waals surface area contributed by atoms with E-state index in [1.165, 1.54) is 22.7 Å². The summed E-state index contributed by atoms with van der Waals surface area (Å²) < 4.78 is 0. The second-order valence-electron chi connectivity index (χ2n) is 4.11. The summed E-state index contributed by atoms with van der Waals surface area (Å²) in [6.07, 6.45) is 6.61. The molecule has 0 radical (unpaired) electrons. The van der Waals surface area contributed by atoms with Gasteiger partial charge in [0.1, 0.15) is 5.01 Å². The average Bonchev–Trinajstić information content (AvgIpc) is 2.74. The Hall–Kier alpha value is -0.450. The van der Waals surface area contributed by atoms with Crippen LogP contribution in [0.5, 0.6) is 0 Å². The van der Waals surface area contributed by atoms with E-state index in [1.54, 1.807) is 11.3 Å². The van der Waals surface area contributed by atoms with Gasteiger partial charge in [-0.05, 0) is 12.8 Å². The minimum Gasteiger partial charge on any atom is -0.327 e. The third kappa shape index (κ3) is 5.05. The van der Waals surface area contributed by atoms with Crippen LogP contribution in [0.25, 0.3) is 0 Å². The van der Waals surface area contributed by atoms with Crippen LogP contribution >= 0.6 is 11.3 Å². The fourth-order valence-electron chi connectivity index (χ4n) is 1.53. The van der Waals surface area contributed by atoms with Crippen LogP contribution in [0.2, 0.25) is 0 Å². The molecule has 1 rings (SSSR count). The van der Waals surface area contributed by atoms with E-state index in [4.69, 9.17) is 5.73 Å². The summed E-state index contributed by atoms with van der Waals surface area (Å²) in [6.45, 7) is 6.10. The molecule has 1 heterocycles. The van der Waals surface area contributed by atoms with Crippen molar-refractivity contribution in [3.8, 4) is 0 Å². The van der Waals surface area contributed by atoms with Crippen molar-refractivity contribution in [1.82, 2.24) is 10.3 Å². The lowest BCUT2D eigenvalue weighted by atomic mass is 10.1. The summed E-state index contributed by atoms with van der Waals surface area (Å²) in [5, 5.41) is 4.54. The number of hydrogen-bond donors (Lipinski definition) is 2. The molecular formula is C12H23N3S. The van der Waals surface area contributed by atoms with Crippen LogP contribution in [-0.2, 0) is 13.0 Å². The molecule has 0 aliphatic rings. The van der Waals surface area contributed by atoms with E-state index in [2.05, 4.69) is 24.1 Å². The van der Waals surface area contributed by atoms with Gasteiger partial charge in [0.2, 0.25) is 0 Å². The summed E-state index contributed by atoms with van der Waals surface area (Å²) in [7, 11) is 0. The first-order valence-electron chi connectivity index (χ1n) is 6.16. The number of rotatable bonds is 8. The molecule has 0 spiro atoms. The third-order valence-electron chi connectivity index (χ3n) is 2.56. The van der Waals surface area contributed by atoms with Crippen molar-refractivity contribution in [1.29, 1.82) is 0 Å². The highest BCUT2D eigenvalue weighted by Crippen LogP contribution is 2.12. The summed E-state index contributed by atoms with van der Waals surface area (Å²) >= 11 is 1.79.